The van der Waals surface area contributed by atoms with E-state index < -0.39 is 4.92 Å². The zero-order chi connectivity index (χ0) is 20.6. The molecular weight excluding hydrogens is 376 g/mol. The van der Waals surface area contributed by atoms with E-state index in [0.29, 0.717) is 43.2 Å². The first kappa shape index (κ1) is 20.3. The molecule has 1 fully saturated rings. The maximum absolute atomic E-state index is 11.9. The van der Waals surface area contributed by atoms with Crippen LogP contribution >= 0.6 is 0 Å². The number of morpholine rings is 1. The predicted molar refractivity (Wildman–Crippen MR) is 109 cm³/mol. The summed E-state index contributed by atoms with van der Waals surface area (Å²) >= 11 is 0. The minimum atomic E-state index is -0.418. The highest BCUT2D eigenvalue weighted by Crippen LogP contribution is 2.29. The van der Waals surface area contributed by atoms with Crippen molar-refractivity contribution in [3.63, 3.8) is 0 Å². The van der Waals surface area contributed by atoms with E-state index in [4.69, 9.17) is 9.57 Å². The number of amides is 1. The van der Waals surface area contributed by atoms with Crippen LogP contribution in [0.5, 0.6) is 0 Å². The zero-order valence-corrected chi connectivity index (χ0v) is 16.0. The van der Waals surface area contributed by atoms with Gasteiger partial charge in [-0.1, -0.05) is 23.4 Å². The summed E-state index contributed by atoms with van der Waals surface area (Å²) in [5.41, 5.74) is 2.76. The van der Waals surface area contributed by atoms with Crippen molar-refractivity contribution in [2.45, 2.75) is 6.92 Å². The Labute approximate surface area is 168 Å². The van der Waals surface area contributed by atoms with E-state index in [1.165, 1.54) is 12.3 Å². The van der Waals surface area contributed by atoms with Gasteiger partial charge >= 0.3 is 0 Å². The number of nitrogens with zero attached hydrogens (tertiary/aromatic N) is 3. The van der Waals surface area contributed by atoms with Crippen LogP contribution in [0, 0.1) is 17.0 Å². The van der Waals surface area contributed by atoms with E-state index >= 15 is 0 Å². The predicted octanol–water partition coefficient (Wildman–Crippen LogP) is 2.73. The lowest BCUT2D eigenvalue weighted by Gasteiger charge is -2.28. The monoisotopic (exact) mass is 398 g/mol. The summed E-state index contributed by atoms with van der Waals surface area (Å²) in [5, 5.41) is 17.9. The van der Waals surface area contributed by atoms with Crippen LogP contribution in [0.3, 0.4) is 0 Å². The SMILES string of the molecule is Cc1cccc(NC(=O)CO/N=C\c2ccc(N3CCOCC3)c([N+](=O)[O-])c2)c1. The van der Waals surface area contributed by atoms with Gasteiger partial charge in [0.05, 0.1) is 24.4 Å². The van der Waals surface area contributed by atoms with Gasteiger partial charge in [0, 0.05) is 30.4 Å². The van der Waals surface area contributed by atoms with Gasteiger partial charge in [-0.2, -0.15) is 0 Å². The summed E-state index contributed by atoms with van der Waals surface area (Å²) in [6.45, 7) is 3.96. The smallest absolute Gasteiger partial charge is 0.293 e. The normalized spacial score (nSPS) is 14.0. The van der Waals surface area contributed by atoms with Gasteiger partial charge in [0.1, 0.15) is 5.69 Å². The van der Waals surface area contributed by atoms with E-state index in [1.807, 2.05) is 30.0 Å². The van der Waals surface area contributed by atoms with Crippen LogP contribution < -0.4 is 10.2 Å². The van der Waals surface area contributed by atoms with E-state index in [-0.39, 0.29) is 18.2 Å². The molecule has 1 saturated heterocycles. The molecule has 9 nitrogen and oxygen atoms in total. The van der Waals surface area contributed by atoms with Gasteiger partial charge < -0.3 is 19.8 Å². The van der Waals surface area contributed by atoms with Gasteiger partial charge in [0.25, 0.3) is 11.6 Å². The molecule has 1 aliphatic rings. The molecule has 1 heterocycles. The molecule has 1 N–H and O–H groups in total. The number of carbonyl (C=O) groups is 1. The maximum Gasteiger partial charge on any atom is 0.293 e. The van der Waals surface area contributed by atoms with E-state index in [1.54, 1.807) is 18.2 Å². The Hall–Kier alpha value is -3.46. The number of anilines is 2. The largest absolute Gasteiger partial charge is 0.386 e. The lowest BCUT2D eigenvalue weighted by molar-refractivity contribution is -0.384. The van der Waals surface area contributed by atoms with Gasteiger partial charge in [0.15, 0.2) is 6.61 Å². The number of hydrogen-bond donors (Lipinski definition) is 1. The number of nitro groups is 1. The molecule has 0 atom stereocenters. The quantitative estimate of drug-likeness (QED) is 0.437. The second kappa shape index (κ2) is 9.65. The zero-order valence-electron chi connectivity index (χ0n) is 16.0. The fourth-order valence-corrected chi connectivity index (χ4v) is 2.95. The molecule has 0 aromatic heterocycles. The number of ether oxygens (including phenoxy) is 1. The van der Waals surface area contributed by atoms with Crippen LogP contribution in [0.1, 0.15) is 11.1 Å². The van der Waals surface area contributed by atoms with Gasteiger partial charge in [-0.3, -0.25) is 14.9 Å². The molecule has 1 aliphatic heterocycles. The standard InChI is InChI=1S/C20H22N4O5/c1-15-3-2-4-17(11-15)22-20(25)14-29-21-13-16-5-6-18(19(12-16)24(26)27)23-7-9-28-10-8-23/h2-6,11-13H,7-10,14H2,1H3,(H,22,25)/b21-13-. The molecule has 1 amide bonds. The first-order valence-electron chi connectivity index (χ1n) is 9.16. The van der Waals surface area contributed by atoms with E-state index in [2.05, 4.69) is 10.5 Å². The topological polar surface area (TPSA) is 106 Å². The Kier molecular flexibility index (Phi) is 6.75. The van der Waals surface area contributed by atoms with Crippen LogP contribution in [-0.2, 0) is 14.4 Å². The van der Waals surface area contributed by atoms with Crippen molar-refractivity contribution in [2.24, 2.45) is 5.16 Å². The van der Waals surface area contributed by atoms with Crippen molar-refractivity contribution in [1.82, 2.24) is 0 Å². The third kappa shape index (κ3) is 5.76. The van der Waals surface area contributed by atoms with Crippen LogP contribution in [0.25, 0.3) is 0 Å². The Morgan fingerprint density at radius 3 is 2.83 bits per heavy atom. The van der Waals surface area contributed by atoms with Crippen molar-refractivity contribution in [1.29, 1.82) is 0 Å². The number of oxime groups is 1. The number of benzene rings is 2. The molecule has 3 rings (SSSR count). The number of rotatable bonds is 7. The minimum Gasteiger partial charge on any atom is -0.386 e. The number of hydrogen-bond acceptors (Lipinski definition) is 7. The first-order valence-corrected chi connectivity index (χ1v) is 9.16. The summed E-state index contributed by atoms with van der Waals surface area (Å²) in [7, 11) is 0. The van der Waals surface area contributed by atoms with Crippen molar-refractivity contribution >= 4 is 29.2 Å². The lowest BCUT2D eigenvalue weighted by Crippen LogP contribution is -2.36. The summed E-state index contributed by atoms with van der Waals surface area (Å²) < 4.78 is 5.29. The van der Waals surface area contributed by atoms with E-state index in [0.717, 1.165) is 5.56 Å². The number of carbonyl (C=O) groups excluding carboxylic acids is 1. The third-order valence-corrected chi connectivity index (χ3v) is 4.32. The van der Waals surface area contributed by atoms with Crippen molar-refractivity contribution in [3.8, 4) is 0 Å². The second-order valence-electron chi connectivity index (χ2n) is 6.53. The number of nitro benzene ring substituents is 1. The molecule has 2 aromatic carbocycles. The highest BCUT2D eigenvalue weighted by atomic mass is 16.6. The molecular formula is C20H22N4O5. The molecule has 29 heavy (non-hydrogen) atoms. The molecule has 0 radical (unpaired) electrons. The van der Waals surface area contributed by atoms with Crippen LogP contribution in [0.2, 0.25) is 0 Å². The van der Waals surface area contributed by atoms with Crippen LogP contribution in [0.15, 0.2) is 47.6 Å². The molecule has 0 spiro atoms. The molecule has 9 heteroatoms. The first-order chi connectivity index (χ1) is 14.0. The van der Waals surface area contributed by atoms with Gasteiger partial charge in [-0.25, -0.2) is 0 Å². The van der Waals surface area contributed by atoms with Crippen molar-refractivity contribution < 1.29 is 19.3 Å². The molecule has 2 aromatic rings. The summed E-state index contributed by atoms with van der Waals surface area (Å²) in [6, 6.07) is 12.2. The van der Waals surface area contributed by atoms with Gasteiger partial charge in [-0.05, 0) is 30.7 Å². The van der Waals surface area contributed by atoms with Crippen molar-refractivity contribution in [2.75, 3.05) is 43.1 Å². The second-order valence-corrected chi connectivity index (χ2v) is 6.53. The Balaban J connectivity index is 1.57. The average Bonchev–Trinajstić information content (AvgIpc) is 2.72. The van der Waals surface area contributed by atoms with Gasteiger partial charge in [-0.15, -0.1) is 0 Å². The van der Waals surface area contributed by atoms with Crippen LogP contribution in [-0.4, -0.2) is 50.0 Å². The van der Waals surface area contributed by atoms with E-state index in [9.17, 15) is 14.9 Å². The third-order valence-electron chi connectivity index (χ3n) is 4.32. The number of aryl methyl sites for hydroxylation is 1. The van der Waals surface area contributed by atoms with Crippen LogP contribution in [0.4, 0.5) is 17.1 Å². The Bertz CT molecular complexity index is 909. The summed E-state index contributed by atoms with van der Waals surface area (Å²) in [5.74, 6) is -0.346. The maximum atomic E-state index is 11.9. The molecule has 0 unspecified atom stereocenters. The minimum absolute atomic E-state index is 0.00644. The molecule has 152 valence electrons. The Morgan fingerprint density at radius 2 is 2.10 bits per heavy atom. The Morgan fingerprint density at radius 1 is 1.31 bits per heavy atom. The molecule has 0 aliphatic carbocycles. The summed E-state index contributed by atoms with van der Waals surface area (Å²) in [4.78, 5) is 29.9. The summed E-state index contributed by atoms with van der Waals surface area (Å²) in [6.07, 6.45) is 1.34. The fraction of sp³-hybridized carbons (Fsp3) is 0.300. The lowest BCUT2D eigenvalue weighted by atomic mass is 10.1. The van der Waals surface area contributed by atoms with Gasteiger partial charge in [0.2, 0.25) is 0 Å². The number of nitrogens with one attached hydrogen (secondary N) is 1. The molecule has 0 bridgehead atoms. The fourth-order valence-electron chi connectivity index (χ4n) is 2.95. The van der Waals surface area contributed by atoms with Crippen molar-refractivity contribution in [3.05, 3.63) is 63.7 Å². The highest BCUT2D eigenvalue weighted by Gasteiger charge is 2.21. The highest BCUT2D eigenvalue weighted by molar-refractivity contribution is 5.91. The average molecular weight is 398 g/mol. The molecule has 0 saturated carbocycles.